The minimum atomic E-state index is -0.847. The summed E-state index contributed by atoms with van der Waals surface area (Å²) in [7, 11) is 0. The third-order valence-corrected chi connectivity index (χ3v) is 1.29. The van der Waals surface area contributed by atoms with E-state index in [1.54, 1.807) is 30.3 Å². The van der Waals surface area contributed by atoms with Gasteiger partial charge in [-0.05, 0) is 12.1 Å². The average molecular weight is 181 g/mol. The van der Waals surface area contributed by atoms with Gasteiger partial charge in [0.15, 0.2) is 5.03 Å². The predicted molar refractivity (Wildman–Crippen MR) is 45.0 cm³/mol. The van der Waals surface area contributed by atoms with Crippen molar-refractivity contribution in [1.29, 1.82) is 0 Å². The summed E-state index contributed by atoms with van der Waals surface area (Å²) in [5, 5.41) is 9.57. The molecule has 1 N–H and O–H groups in total. The molecule has 0 heterocycles. The van der Waals surface area contributed by atoms with E-state index < -0.39 is 5.03 Å². The Morgan fingerprint density at radius 1 is 1.38 bits per heavy atom. The molecular weight excluding hydrogens is 174 g/mol. The van der Waals surface area contributed by atoms with Gasteiger partial charge >= 0.3 is 0 Å². The van der Waals surface area contributed by atoms with Crippen molar-refractivity contribution in [1.82, 2.24) is 5.12 Å². The second kappa shape index (κ2) is 4.05. The molecule has 6 nitrogen and oxygen atoms in total. The Bertz CT molecular complexity index is 301. The van der Waals surface area contributed by atoms with E-state index >= 15 is 0 Å². The van der Waals surface area contributed by atoms with Crippen LogP contribution in [0.5, 0.6) is 0 Å². The largest absolute Gasteiger partial charge is 0.296 e. The fourth-order valence-corrected chi connectivity index (χ4v) is 0.751. The third-order valence-electron chi connectivity index (χ3n) is 1.29. The number of benzene rings is 1. The van der Waals surface area contributed by atoms with Gasteiger partial charge in [-0.25, -0.2) is 15.5 Å². The van der Waals surface area contributed by atoms with Crippen LogP contribution in [0, 0.1) is 10.1 Å². The first kappa shape index (κ1) is 8.98. The minimum Gasteiger partial charge on any atom is -0.270 e. The van der Waals surface area contributed by atoms with Crippen LogP contribution >= 0.6 is 0 Å². The molecule has 0 bridgehead atoms. The zero-order chi connectivity index (χ0) is 9.68. The van der Waals surface area contributed by atoms with Gasteiger partial charge in [-0.1, -0.05) is 18.2 Å². The molecule has 0 atom stereocenters. The predicted octanol–water partition coefficient (Wildman–Crippen LogP) is 0.664. The summed E-state index contributed by atoms with van der Waals surface area (Å²) in [5.41, 5.74) is 2.77. The van der Waals surface area contributed by atoms with Gasteiger partial charge in [-0.2, -0.15) is 0 Å². The highest BCUT2D eigenvalue weighted by atomic mass is 16.7. The maximum Gasteiger partial charge on any atom is 0.296 e. The Kier molecular flexibility index (Phi) is 2.80. The smallest absolute Gasteiger partial charge is 0.270 e. The molecule has 0 unspecified atom stereocenters. The summed E-state index contributed by atoms with van der Waals surface area (Å²) in [4.78, 5) is 20.3. The first-order valence-corrected chi connectivity index (χ1v) is 3.44. The lowest BCUT2D eigenvalue weighted by Crippen LogP contribution is -2.33. The van der Waals surface area contributed by atoms with E-state index in [-0.39, 0.29) is 11.5 Å². The van der Waals surface area contributed by atoms with Crippen molar-refractivity contribution in [3.05, 3.63) is 40.4 Å². The van der Waals surface area contributed by atoms with E-state index in [0.717, 1.165) is 0 Å². The zero-order valence-corrected chi connectivity index (χ0v) is 6.58. The maximum absolute atomic E-state index is 10.2. The van der Waals surface area contributed by atoms with Crippen LogP contribution in [0.3, 0.4) is 0 Å². The lowest BCUT2D eigenvalue weighted by molar-refractivity contribution is -0.624. The van der Waals surface area contributed by atoms with E-state index in [9.17, 15) is 14.9 Å². The number of anilines is 1. The van der Waals surface area contributed by atoms with Crippen LogP contribution in [-0.2, 0) is 4.79 Å². The second-order valence-electron chi connectivity index (χ2n) is 2.17. The summed E-state index contributed by atoms with van der Waals surface area (Å²) in [6, 6.07) is 8.39. The third kappa shape index (κ3) is 2.44. The number of rotatable bonds is 4. The molecular formula is C7H7N3O3. The van der Waals surface area contributed by atoms with Crippen molar-refractivity contribution in [2.24, 2.45) is 0 Å². The number of amides is 1. The first-order chi connectivity index (χ1) is 6.24. The molecule has 0 saturated heterocycles. The number of nitrogens with one attached hydrogen (secondary N) is 1. The van der Waals surface area contributed by atoms with Crippen LogP contribution in [0.15, 0.2) is 30.3 Å². The van der Waals surface area contributed by atoms with Crippen molar-refractivity contribution in [2.45, 2.75) is 0 Å². The van der Waals surface area contributed by atoms with Crippen molar-refractivity contribution >= 4 is 12.1 Å². The minimum absolute atomic E-state index is 0.0903. The summed E-state index contributed by atoms with van der Waals surface area (Å²) in [6.07, 6.45) is 0.0903. The van der Waals surface area contributed by atoms with Crippen LogP contribution in [0.1, 0.15) is 0 Å². The summed E-state index contributed by atoms with van der Waals surface area (Å²) >= 11 is 0. The molecule has 1 aromatic carbocycles. The van der Waals surface area contributed by atoms with Crippen molar-refractivity contribution in [2.75, 3.05) is 5.43 Å². The van der Waals surface area contributed by atoms with Crippen molar-refractivity contribution in [3.8, 4) is 0 Å². The Balaban J connectivity index is 2.67. The molecule has 0 saturated carbocycles. The Morgan fingerprint density at radius 2 is 2.00 bits per heavy atom. The molecule has 0 spiro atoms. The lowest BCUT2D eigenvalue weighted by Gasteiger charge is -2.08. The van der Waals surface area contributed by atoms with Crippen LogP contribution in [0.2, 0.25) is 0 Å². The molecule has 1 aromatic rings. The molecule has 1 amide bonds. The second-order valence-corrected chi connectivity index (χ2v) is 2.17. The molecule has 0 aliphatic carbocycles. The summed E-state index contributed by atoms with van der Waals surface area (Å²) in [6.45, 7) is 0. The van der Waals surface area contributed by atoms with Crippen LogP contribution in [0.25, 0.3) is 0 Å². The first-order valence-electron chi connectivity index (χ1n) is 3.44. The highest BCUT2D eigenvalue weighted by Gasteiger charge is 2.11. The van der Waals surface area contributed by atoms with E-state index in [0.29, 0.717) is 5.69 Å². The molecule has 68 valence electrons. The Hall–Kier alpha value is -2.11. The molecule has 0 aliphatic heterocycles. The number of hydrogen-bond donors (Lipinski definition) is 1. The SMILES string of the molecule is O=CN(Nc1ccccc1)[N+](=O)[O-]. The summed E-state index contributed by atoms with van der Waals surface area (Å²) < 4.78 is 0. The molecule has 0 aromatic heterocycles. The van der Waals surface area contributed by atoms with Gasteiger partial charge in [0.1, 0.15) is 0 Å². The van der Waals surface area contributed by atoms with Crippen molar-refractivity contribution < 1.29 is 9.83 Å². The van der Waals surface area contributed by atoms with Gasteiger partial charge < -0.3 is 0 Å². The highest BCUT2D eigenvalue weighted by molar-refractivity contribution is 5.51. The number of nitrogens with zero attached hydrogens (tertiary/aromatic N) is 2. The number of para-hydroxylation sites is 1. The lowest BCUT2D eigenvalue weighted by atomic mass is 10.3. The van der Waals surface area contributed by atoms with Gasteiger partial charge in [0.25, 0.3) is 6.41 Å². The normalized spacial score (nSPS) is 8.92. The molecule has 1 rings (SSSR count). The Morgan fingerprint density at radius 3 is 2.46 bits per heavy atom. The quantitative estimate of drug-likeness (QED) is 0.420. The van der Waals surface area contributed by atoms with E-state index in [1.807, 2.05) is 0 Å². The van der Waals surface area contributed by atoms with Gasteiger partial charge in [0.2, 0.25) is 0 Å². The van der Waals surface area contributed by atoms with Crippen LogP contribution in [0.4, 0.5) is 5.69 Å². The summed E-state index contributed by atoms with van der Waals surface area (Å²) in [5.74, 6) is 0. The number of carbonyl (C=O) groups is 1. The number of nitro groups is 1. The van der Waals surface area contributed by atoms with Gasteiger partial charge in [-0.15, -0.1) is 0 Å². The van der Waals surface area contributed by atoms with E-state index in [4.69, 9.17) is 0 Å². The van der Waals surface area contributed by atoms with E-state index in [2.05, 4.69) is 5.43 Å². The molecule has 0 radical (unpaired) electrons. The fourth-order valence-electron chi connectivity index (χ4n) is 0.751. The highest BCUT2D eigenvalue weighted by Crippen LogP contribution is 2.05. The zero-order valence-electron chi connectivity index (χ0n) is 6.58. The number of carbonyl (C=O) groups excluding carboxylic acids is 1. The molecule has 6 heteroatoms. The van der Waals surface area contributed by atoms with E-state index in [1.165, 1.54) is 0 Å². The monoisotopic (exact) mass is 181 g/mol. The standard InChI is InChI=1S/C7H7N3O3/c11-6-9(10(12)13)8-7-4-2-1-3-5-7/h1-6,8H. The molecule has 13 heavy (non-hydrogen) atoms. The maximum atomic E-state index is 10.2. The van der Waals surface area contributed by atoms with Crippen LogP contribution < -0.4 is 5.43 Å². The van der Waals surface area contributed by atoms with Crippen LogP contribution in [-0.4, -0.2) is 16.6 Å². The Labute approximate surface area is 73.9 Å². The fraction of sp³-hybridized carbons (Fsp3) is 0. The van der Waals surface area contributed by atoms with Crippen molar-refractivity contribution in [3.63, 3.8) is 0 Å². The van der Waals surface area contributed by atoms with Gasteiger partial charge in [-0.3, -0.25) is 4.79 Å². The van der Waals surface area contributed by atoms with Gasteiger partial charge in [0.05, 0.1) is 5.69 Å². The molecule has 0 fully saturated rings. The topological polar surface area (TPSA) is 75.5 Å². The number of hydrazine groups is 2. The number of hydrogen-bond acceptors (Lipinski definition) is 4. The van der Waals surface area contributed by atoms with Gasteiger partial charge in [0, 0.05) is 5.12 Å². The molecule has 0 aliphatic rings. The average Bonchev–Trinajstić information content (AvgIpc) is 2.15.